The van der Waals surface area contributed by atoms with Crippen LogP contribution in [0.1, 0.15) is 5.56 Å². The molecule has 3 heteroatoms. The SMILES string of the molecule is OCCN(Cc1ccccc1)c1ccccc1O. The summed E-state index contributed by atoms with van der Waals surface area (Å²) in [6, 6.07) is 17.2. The van der Waals surface area contributed by atoms with Crippen LogP contribution in [0.4, 0.5) is 5.69 Å². The predicted molar refractivity (Wildman–Crippen MR) is 72.7 cm³/mol. The molecule has 2 N–H and O–H groups in total. The average molecular weight is 243 g/mol. The van der Waals surface area contributed by atoms with E-state index in [1.165, 1.54) is 0 Å². The molecule has 0 radical (unpaired) electrons. The van der Waals surface area contributed by atoms with E-state index in [1.54, 1.807) is 12.1 Å². The van der Waals surface area contributed by atoms with E-state index >= 15 is 0 Å². The lowest BCUT2D eigenvalue weighted by atomic mass is 10.2. The molecule has 2 aromatic carbocycles. The van der Waals surface area contributed by atoms with E-state index in [2.05, 4.69) is 0 Å². The molecule has 18 heavy (non-hydrogen) atoms. The lowest BCUT2D eigenvalue weighted by Crippen LogP contribution is -2.26. The molecule has 0 unspecified atom stereocenters. The van der Waals surface area contributed by atoms with Gasteiger partial charge in [0.1, 0.15) is 5.75 Å². The predicted octanol–water partition coefficient (Wildman–Crippen LogP) is 2.39. The maximum atomic E-state index is 9.86. The highest BCUT2D eigenvalue weighted by Crippen LogP contribution is 2.27. The summed E-state index contributed by atoms with van der Waals surface area (Å²) in [5, 5.41) is 19.0. The summed E-state index contributed by atoms with van der Waals surface area (Å²) in [7, 11) is 0. The Morgan fingerprint density at radius 3 is 2.22 bits per heavy atom. The molecule has 0 atom stereocenters. The van der Waals surface area contributed by atoms with Crippen LogP contribution in [0.2, 0.25) is 0 Å². The summed E-state index contributed by atoms with van der Waals surface area (Å²) in [5.74, 6) is 0.238. The van der Waals surface area contributed by atoms with Crippen molar-refractivity contribution in [2.24, 2.45) is 0 Å². The molecule has 0 saturated carbocycles. The number of phenols is 1. The average Bonchev–Trinajstić information content (AvgIpc) is 2.40. The summed E-state index contributed by atoms with van der Waals surface area (Å²) < 4.78 is 0. The van der Waals surface area contributed by atoms with Crippen LogP contribution in [-0.4, -0.2) is 23.4 Å². The number of aromatic hydroxyl groups is 1. The van der Waals surface area contributed by atoms with Gasteiger partial charge in [0.25, 0.3) is 0 Å². The van der Waals surface area contributed by atoms with Gasteiger partial charge in [0.05, 0.1) is 12.3 Å². The molecule has 0 spiro atoms. The largest absolute Gasteiger partial charge is 0.506 e. The maximum absolute atomic E-state index is 9.86. The minimum Gasteiger partial charge on any atom is -0.506 e. The third kappa shape index (κ3) is 3.02. The van der Waals surface area contributed by atoms with Crippen LogP contribution in [0.15, 0.2) is 54.6 Å². The van der Waals surface area contributed by atoms with Gasteiger partial charge in [-0.3, -0.25) is 0 Å². The third-order valence-corrected chi connectivity index (χ3v) is 2.81. The number of aliphatic hydroxyl groups excluding tert-OH is 1. The Morgan fingerprint density at radius 1 is 0.889 bits per heavy atom. The first-order valence-corrected chi connectivity index (χ1v) is 5.99. The van der Waals surface area contributed by atoms with Crippen LogP contribution < -0.4 is 4.90 Å². The molecule has 0 aliphatic heterocycles. The summed E-state index contributed by atoms with van der Waals surface area (Å²) in [4.78, 5) is 1.96. The summed E-state index contributed by atoms with van der Waals surface area (Å²) >= 11 is 0. The Morgan fingerprint density at radius 2 is 1.56 bits per heavy atom. The molecule has 0 saturated heterocycles. The maximum Gasteiger partial charge on any atom is 0.138 e. The number of hydrogen-bond donors (Lipinski definition) is 2. The van der Waals surface area contributed by atoms with Gasteiger partial charge in [-0.25, -0.2) is 0 Å². The zero-order valence-electron chi connectivity index (χ0n) is 10.2. The first kappa shape index (κ1) is 12.5. The molecule has 0 aromatic heterocycles. The van der Waals surface area contributed by atoms with E-state index < -0.39 is 0 Å². The first-order chi connectivity index (χ1) is 8.81. The van der Waals surface area contributed by atoms with Gasteiger partial charge < -0.3 is 15.1 Å². The molecule has 0 heterocycles. The smallest absolute Gasteiger partial charge is 0.138 e. The van der Waals surface area contributed by atoms with Crippen LogP contribution in [0.25, 0.3) is 0 Å². The highest BCUT2D eigenvalue weighted by Gasteiger charge is 2.10. The van der Waals surface area contributed by atoms with Crippen molar-refractivity contribution in [1.29, 1.82) is 0 Å². The zero-order valence-corrected chi connectivity index (χ0v) is 10.2. The van der Waals surface area contributed by atoms with Gasteiger partial charge in [-0.2, -0.15) is 0 Å². The van der Waals surface area contributed by atoms with Crippen LogP contribution in [0.5, 0.6) is 5.75 Å². The van der Waals surface area contributed by atoms with Crippen molar-refractivity contribution in [3.8, 4) is 5.75 Å². The quantitative estimate of drug-likeness (QED) is 0.847. The highest BCUT2D eigenvalue weighted by molar-refractivity contribution is 5.57. The van der Waals surface area contributed by atoms with Gasteiger partial charge in [-0.1, -0.05) is 42.5 Å². The van der Waals surface area contributed by atoms with E-state index in [0.717, 1.165) is 11.3 Å². The second-order valence-corrected chi connectivity index (χ2v) is 4.12. The normalized spacial score (nSPS) is 10.3. The molecule has 3 nitrogen and oxygen atoms in total. The summed E-state index contributed by atoms with van der Waals surface area (Å²) in [6.45, 7) is 1.21. The molecule has 0 fully saturated rings. The Bertz CT molecular complexity index is 485. The number of rotatable bonds is 5. The fourth-order valence-corrected chi connectivity index (χ4v) is 1.94. The van der Waals surface area contributed by atoms with Crippen molar-refractivity contribution in [2.75, 3.05) is 18.1 Å². The van der Waals surface area contributed by atoms with E-state index in [9.17, 15) is 5.11 Å². The Balaban J connectivity index is 2.21. The fourth-order valence-electron chi connectivity index (χ4n) is 1.94. The van der Waals surface area contributed by atoms with Crippen LogP contribution in [-0.2, 0) is 6.54 Å². The Kier molecular flexibility index (Phi) is 4.20. The topological polar surface area (TPSA) is 43.7 Å². The molecular formula is C15H17NO2. The van der Waals surface area contributed by atoms with Crippen molar-refractivity contribution in [3.05, 3.63) is 60.2 Å². The molecule has 0 bridgehead atoms. The van der Waals surface area contributed by atoms with Gasteiger partial charge in [0.2, 0.25) is 0 Å². The van der Waals surface area contributed by atoms with E-state index in [4.69, 9.17) is 5.11 Å². The summed E-state index contributed by atoms with van der Waals surface area (Å²) in [6.07, 6.45) is 0. The number of hydrogen-bond acceptors (Lipinski definition) is 3. The monoisotopic (exact) mass is 243 g/mol. The molecule has 0 aliphatic rings. The van der Waals surface area contributed by atoms with Crippen molar-refractivity contribution in [2.45, 2.75) is 6.54 Å². The number of para-hydroxylation sites is 2. The molecule has 0 amide bonds. The van der Waals surface area contributed by atoms with Crippen molar-refractivity contribution >= 4 is 5.69 Å². The Hall–Kier alpha value is -2.00. The zero-order chi connectivity index (χ0) is 12.8. The third-order valence-electron chi connectivity index (χ3n) is 2.81. The van der Waals surface area contributed by atoms with E-state index in [0.29, 0.717) is 13.1 Å². The van der Waals surface area contributed by atoms with Crippen LogP contribution in [0, 0.1) is 0 Å². The standard InChI is InChI=1S/C15H17NO2/c17-11-10-16(12-13-6-2-1-3-7-13)14-8-4-5-9-15(14)18/h1-9,17-18H,10-12H2. The number of aliphatic hydroxyl groups is 1. The van der Waals surface area contributed by atoms with Crippen molar-refractivity contribution < 1.29 is 10.2 Å². The number of phenolic OH excluding ortho intramolecular Hbond substituents is 1. The highest BCUT2D eigenvalue weighted by atomic mass is 16.3. The fraction of sp³-hybridized carbons (Fsp3) is 0.200. The summed E-state index contributed by atoms with van der Waals surface area (Å²) in [5.41, 5.74) is 1.89. The second kappa shape index (κ2) is 6.07. The minimum atomic E-state index is 0.0567. The molecule has 2 rings (SSSR count). The molecule has 0 aliphatic carbocycles. The molecule has 94 valence electrons. The Labute approximate surface area is 107 Å². The van der Waals surface area contributed by atoms with Gasteiger partial charge in [-0.15, -0.1) is 0 Å². The minimum absolute atomic E-state index is 0.0567. The lowest BCUT2D eigenvalue weighted by molar-refractivity contribution is 0.301. The van der Waals surface area contributed by atoms with Crippen LogP contribution >= 0.6 is 0 Å². The number of benzene rings is 2. The van der Waals surface area contributed by atoms with Crippen LogP contribution in [0.3, 0.4) is 0 Å². The van der Waals surface area contributed by atoms with Gasteiger partial charge in [0.15, 0.2) is 0 Å². The second-order valence-electron chi connectivity index (χ2n) is 4.12. The van der Waals surface area contributed by atoms with E-state index in [-0.39, 0.29) is 12.4 Å². The molecule has 2 aromatic rings. The van der Waals surface area contributed by atoms with Gasteiger partial charge >= 0.3 is 0 Å². The molecular weight excluding hydrogens is 226 g/mol. The first-order valence-electron chi connectivity index (χ1n) is 5.99. The lowest BCUT2D eigenvalue weighted by Gasteiger charge is -2.24. The van der Waals surface area contributed by atoms with Gasteiger partial charge in [-0.05, 0) is 17.7 Å². The number of nitrogens with zero attached hydrogens (tertiary/aromatic N) is 1. The van der Waals surface area contributed by atoms with Gasteiger partial charge in [0, 0.05) is 13.1 Å². The van der Waals surface area contributed by atoms with E-state index in [1.807, 2.05) is 47.4 Å². The van der Waals surface area contributed by atoms with Crippen molar-refractivity contribution in [3.63, 3.8) is 0 Å². The van der Waals surface area contributed by atoms with Crippen molar-refractivity contribution in [1.82, 2.24) is 0 Å². The number of anilines is 1.